The SMILES string of the molecule is CCCCCCC(C)C(=O)OC1C=Cc2cccc3cccc1c23. The summed E-state index contributed by atoms with van der Waals surface area (Å²) in [6.07, 6.45) is 9.47. The highest BCUT2D eigenvalue weighted by Crippen LogP contribution is 2.35. The fraction of sp³-hybridized carbons (Fsp3) is 0.409. The lowest BCUT2D eigenvalue weighted by Crippen LogP contribution is -2.18. The lowest BCUT2D eigenvalue weighted by atomic mass is 9.91. The molecule has 24 heavy (non-hydrogen) atoms. The molecule has 0 bridgehead atoms. The number of unbranched alkanes of at least 4 members (excludes halogenated alkanes) is 3. The van der Waals surface area contributed by atoms with Gasteiger partial charge in [0.2, 0.25) is 0 Å². The zero-order valence-electron chi connectivity index (χ0n) is 14.6. The quantitative estimate of drug-likeness (QED) is 0.457. The van der Waals surface area contributed by atoms with E-state index in [0.717, 1.165) is 18.4 Å². The third-order valence-corrected chi connectivity index (χ3v) is 4.86. The van der Waals surface area contributed by atoms with Crippen molar-refractivity contribution in [1.82, 2.24) is 0 Å². The van der Waals surface area contributed by atoms with Gasteiger partial charge in [0, 0.05) is 5.56 Å². The first-order chi connectivity index (χ1) is 11.7. The molecule has 0 spiro atoms. The van der Waals surface area contributed by atoms with E-state index in [4.69, 9.17) is 4.74 Å². The molecule has 0 aliphatic heterocycles. The molecule has 0 saturated carbocycles. The summed E-state index contributed by atoms with van der Waals surface area (Å²) in [5, 5.41) is 2.40. The maximum Gasteiger partial charge on any atom is 0.309 e. The summed E-state index contributed by atoms with van der Waals surface area (Å²) in [6, 6.07) is 12.5. The van der Waals surface area contributed by atoms with Gasteiger partial charge in [0.05, 0.1) is 5.92 Å². The largest absolute Gasteiger partial charge is 0.453 e. The van der Waals surface area contributed by atoms with Crippen LogP contribution in [0.25, 0.3) is 16.8 Å². The maximum atomic E-state index is 12.5. The second-order valence-corrected chi connectivity index (χ2v) is 6.76. The van der Waals surface area contributed by atoms with Crippen molar-refractivity contribution in [3.05, 3.63) is 53.6 Å². The van der Waals surface area contributed by atoms with Crippen molar-refractivity contribution in [3.8, 4) is 0 Å². The second kappa shape index (κ2) is 7.65. The van der Waals surface area contributed by atoms with E-state index in [1.54, 1.807) is 0 Å². The number of esters is 1. The van der Waals surface area contributed by atoms with Crippen molar-refractivity contribution in [2.45, 2.75) is 52.1 Å². The minimum atomic E-state index is -0.269. The van der Waals surface area contributed by atoms with Gasteiger partial charge in [0.25, 0.3) is 0 Å². The molecule has 2 atom stereocenters. The number of rotatable bonds is 7. The van der Waals surface area contributed by atoms with Crippen molar-refractivity contribution in [3.63, 3.8) is 0 Å². The molecule has 0 fully saturated rings. The molecule has 0 radical (unpaired) electrons. The van der Waals surface area contributed by atoms with Crippen LogP contribution in [0.3, 0.4) is 0 Å². The summed E-state index contributed by atoms with van der Waals surface area (Å²) in [6.45, 7) is 4.18. The molecular formula is C22H26O2. The number of carbonyl (C=O) groups excluding carboxylic acids is 1. The summed E-state index contributed by atoms with van der Waals surface area (Å²) in [5.74, 6) is -0.121. The van der Waals surface area contributed by atoms with Crippen LogP contribution in [-0.2, 0) is 9.53 Å². The van der Waals surface area contributed by atoms with Gasteiger partial charge in [-0.15, -0.1) is 0 Å². The van der Waals surface area contributed by atoms with E-state index in [2.05, 4.69) is 43.3 Å². The third kappa shape index (κ3) is 3.53. The van der Waals surface area contributed by atoms with Crippen molar-refractivity contribution < 1.29 is 9.53 Å². The van der Waals surface area contributed by atoms with Gasteiger partial charge in [-0.2, -0.15) is 0 Å². The molecule has 0 heterocycles. The van der Waals surface area contributed by atoms with Gasteiger partial charge < -0.3 is 4.74 Å². The highest BCUT2D eigenvalue weighted by Gasteiger charge is 2.23. The first-order valence-electron chi connectivity index (χ1n) is 9.11. The van der Waals surface area contributed by atoms with Gasteiger partial charge in [-0.1, -0.05) is 82.0 Å². The zero-order chi connectivity index (χ0) is 16.9. The Labute approximate surface area is 144 Å². The monoisotopic (exact) mass is 322 g/mol. The maximum absolute atomic E-state index is 12.5. The van der Waals surface area contributed by atoms with E-state index in [0.29, 0.717) is 0 Å². The summed E-state index contributed by atoms with van der Waals surface area (Å²) >= 11 is 0. The summed E-state index contributed by atoms with van der Waals surface area (Å²) in [7, 11) is 0. The van der Waals surface area contributed by atoms with E-state index in [-0.39, 0.29) is 18.0 Å². The molecule has 0 amide bonds. The van der Waals surface area contributed by atoms with Gasteiger partial charge in [-0.05, 0) is 28.8 Å². The van der Waals surface area contributed by atoms with Crippen molar-refractivity contribution in [2.24, 2.45) is 5.92 Å². The Morgan fingerprint density at radius 2 is 1.92 bits per heavy atom. The predicted molar refractivity (Wildman–Crippen MR) is 99.7 cm³/mol. The highest BCUT2D eigenvalue weighted by molar-refractivity contribution is 5.95. The van der Waals surface area contributed by atoms with Crippen LogP contribution in [0.2, 0.25) is 0 Å². The first-order valence-corrected chi connectivity index (χ1v) is 9.11. The lowest BCUT2D eigenvalue weighted by molar-refractivity contribution is -0.151. The van der Waals surface area contributed by atoms with Crippen LogP contribution < -0.4 is 0 Å². The van der Waals surface area contributed by atoms with Gasteiger partial charge >= 0.3 is 5.97 Å². The average molecular weight is 322 g/mol. The first kappa shape index (κ1) is 16.8. The summed E-state index contributed by atoms with van der Waals surface area (Å²) in [4.78, 5) is 12.5. The van der Waals surface area contributed by atoms with Crippen molar-refractivity contribution in [1.29, 1.82) is 0 Å². The normalized spacial score (nSPS) is 17.0. The molecule has 2 heteroatoms. The number of carbonyl (C=O) groups is 1. The lowest BCUT2D eigenvalue weighted by Gasteiger charge is -2.23. The van der Waals surface area contributed by atoms with Crippen LogP contribution in [0.4, 0.5) is 0 Å². The van der Waals surface area contributed by atoms with E-state index >= 15 is 0 Å². The van der Waals surface area contributed by atoms with Crippen molar-refractivity contribution >= 4 is 22.8 Å². The van der Waals surface area contributed by atoms with Crippen LogP contribution in [-0.4, -0.2) is 5.97 Å². The molecule has 2 nitrogen and oxygen atoms in total. The third-order valence-electron chi connectivity index (χ3n) is 4.86. The van der Waals surface area contributed by atoms with Crippen LogP contribution >= 0.6 is 0 Å². The number of hydrogen-bond donors (Lipinski definition) is 0. The Morgan fingerprint density at radius 1 is 1.12 bits per heavy atom. The molecule has 1 aliphatic carbocycles. The fourth-order valence-corrected chi connectivity index (χ4v) is 3.41. The van der Waals surface area contributed by atoms with E-state index < -0.39 is 0 Å². The van der Waals surface area contributed by atoms with Gasteiger partial charge in [0.1, 0.15) is 6.10 Å². The molecule has 1 aliphatic rings. The van der Waals surface area contributed by atoms with E-state index in [1.165, 1.54) is 35.6 Å². The fourth-order valence-electron chi connectivity index (χ4n) is 3.41. The molecule has 0 saturated heterocycles. The molecule has 2 aromatic rings. The van der Waals surface area contributed by atoms with Crippen LogP contribution in [0, 0.1) is 5.92 Å². The highest BCUT2D eigenvalue weighted by atomic mass is 16.5. The van der Waals surface area contributed by atoms with Crippen LogP contribution in [0.5, 0.6) is 0 Å². The topological polar surface area (TPSA) is 26.3 Å². The molecule has 126 valence electrons. The second-order valence-electron chi connectivity index (χ2n) is 6.76. The van der Waals surface area contributed by atoms with Gasteiger partial charge in [-0.25, -0.2) is 0 Å². The smallest absolute Gasteiger partial charge is 0.309 e. The van der Waals surface area contributed by atoms with Crippen LogP contribution in [0.1, 0.15) is 63.2 Å². The van der Waals surface area contributed by atoms with Gasteiger partial charge in [0.15, 0.2) is 0 Å². The minimum Gasteiger partial charge on any atom is -0.453 e. The Bertz CT molecular complexity index is 739. The molecule has 3 rings (SSSR count). The molecular weight excluding hydrogens is 296 g/mol. The number of hydrogen-bond acceptors (Lipinski definition) is 2. The Kier molecular flexibility index (Phi) is 5.34. The molecule has 0 N–H and O–H groups in total. The predicted octanol–water partition coefficient (Wildman–Crippen LogP) is 6.06. The van der Waals surface area contributed by atoms with E-state index in [1.807, 2.05) is 19.1 Å². The molecule has 2 aromatic carbocycles. The average Bonchev–Trinajstić information content (AvgIpc) is 2.61. The standard InChI is InChI=1S/C22H26O2/c1-3-4-5-6-9-16(2)22(23)24-20-15-14-18-11-7-10-17-12-8-13-19(20)21(17)18/h7-8,10-16,20H,3-6,9H2,1-2H3. The van der Waals surface area contributed by atoms with Crippen molar-refractivity contribution in [2.75, 3.05) is 0 Å². The molecule has 0 aromatic heterocycles. The Hall–Kier alpha value is -2.09. The number of ether oxygens (including phenoxy) is 1. The van der Waals surface area contributed by atoms with Crippen LogP contribution in [0.15, 0.2) is 42.5 Å². The van der Waals surface area contributed by atoms with E-state index in [9.17, 15) is 4.79 Å². The zero-order valence-corrected chi connectivity index (χ0v) is 14.6. The summed E-state index contributed by atoms with van der Waals surface area (Å²) < 4.78 is 5.83. The Balaban J connectivity index is 1.70. The summed E-state index contributed by atoms with van der Waals surface area (Å²) in [5.41, 5.74) is 2.29. The molecule has 2 unspecified atom stereocenters. The van der Waals surface area contributed by atoms with Gasteiger partial charge in [-0.3, -0.25) is 4.79 Å². The number of benzene rings is 2. The minimum absolute atomic E-state index is 0.0355. The Morgan fingerprint density at radius 3 is 2.71 bits per heavy atom.